The van der Waals surface area contributed by atoms with Gasteiger partial charge in [0.25, 0.3) is 5.91 Å². The van der Waals surface area contributed by atoms with Gasteiger partial charge in [0.1, 0.15) is 12.0 Å². The monoisotopic (exact) mass is 393 g/mol. The third-order valence-corrected chi connectivity index (χ3v) is 5.43. The lowest BCUT2D eigenvalue weighted by Gasteiger charge is -2.36. The van der Waals surface area contributed by atoms with Gasteiger partial charge in [0.2, 0.25) is 0 Å². The number of amides is 1. The van der Waals surface area contributed by atoms with Gasteiger partial charge in [-0.15, -0.1) is 24.5 Å². The normalized spacial score (nSPS) is 16.9. The van der Waals surface area contributed by atoms with Gasteiger partial charge in [0, 0.05) is 11.4 Å². The van der Waals surface area contributed by atoms with Crippen LogP contribution in [0.1, 0.15) is 32.4 Å². The first-order chi connectivity index (χ1) is 12.9. The number of furan rings is 1. The smallest absolute Gasteiger partial charge is 0.472 e. The number of carbonyl (C=O) groups excluding carboxylic acids is 1. The summed E-state index contributed by atoms with van der Waals surface area (Å²) in [6.07, 6.45) is -1.18. The highest BCUT2D eigenvalue weighted by molar-refractivity contribution is 7.10. The zero-order valence-electron chi connectivity index (χ0n) is 13.9. The molecule has 0 fully saturated rings. The van der Waals surface area contributed by atoms with Crippen LogP contribution >= 0.6 is 11.3 Å². The summed E-state index contributed by atoms with van der Waals surface area (Å²) in [4.78, 5) is 15.7. The first kappa shape index (κ1) is 17.7. The third-order valence-electron chi connectivity index (χ3n) is 4.42. The lowest BCUT2D eigenvalue weighted by Crippen LogP contribution is -2.39. The van der Waals surface area contributed by atoms with Gasteiger partial charge in [-0.3, -0.25) is 4.79 Å². The molecule has 140 valence electrons. The Labute approximate surface area is 156 Å². The maximum Gasteiger partial charge on any atom is 0.573 e. The van der Waals surface area contributed by atoms with E-state index < -0.39 is 6.36 Å². The second-order valence-electron chi connectivity index (χ2n) is 6.09. The molecule has 1 amide bonds. The summed E-state index contributed by atoms with van der Waals surface area (Å²) < 4.78 is 46.1. The summed E-state index contributed by atoms with van der Waals surface area (Å²) in [5.41, 5.74) is 2.32. The second kappa shape index (κ2) is 6.77. The maximum atomic E-state index is 12.9. The first-order valence-electron chi connectivity index (χ1n) is 8.17. The molecule has 27 heavy (non-hydrogen) atoms. The molecule has 0 radical (unpaired) electrons. The van der Waals surface area contributed by atoms with E-state index in [0.717, 1.165) is 22.4 Å². The van der Waals surface area contributed by atoms with Crippen LogP contribution in [0, 0.1) is 0 Å². The fourth-order valence-electron chi connectivity index (χ4n) is 3.26. The number of halogens is 3. The van der Waals surface area contributed by atoms with Crippen molar-refractivity contribution >= 4 is 17.2 Å². The Balaban J connectivity index is 1.69. The molecule has 8 heteroatoms. The quantitative estimate of drug-likeness (QED) is 0.627. The molecule has 1 aromatic carbocycles. The van der Waals surface area contributed by atoms with Gasteiger partial charge < -0.3 is 14.1 Å². The number of nitrogens with zero attached hydrogens (tertiary/aromatic N) is 1. The summed E-state index contributed by atoms with van der Waals surface area (Å²) in [7, 11) is 0. The molecule has 3 heterocycles. The summed E-state index contributed by atoms with van der Waals surface area (Å²) in [5.74, 6) is -0.468. The topological polar surface area (TPSA) is 42.7 Å². The van der Waals surface area contributed by atoms with Gasteiger partial charge >= 0.3 is 6.36 Å². The average Bonchev–Trinajstić information content (AvgIpc) is 3.31. The van der Waals surface area contributed by atoms with Crippen LogP contribution in [-0.2, 0) is 6.42 Å². The van der Waals surface area contributed by atoms with E-state index in [1.807, 2.05) is 11.4 Å². The molecule has 0 saturated carbocycles. The number of ether oxygens (including phenoxy) is 1. The number of carbonyl (C=O) groups is 1. The molecule has 1 aliphatic heterocycles. The molecule has 2 aromatic heterocycles. The van der Waals surface area contributed by atoms with Crippen molar-refractivity contribution in [3.8, 4) is 5.75 Å². The number of alkyl halides is 3. The summed E-state index contributed by atoms with van der Waals surface area (Å²) in [6, 6.07) is 8.93. The highest BCUT2D eigenvalue weighted by Gasteiger charge is 2.34. The van der Waals surface area contributed by atoms with Gasteiger partial charge in [-0.25, -0.2) is 0 Å². The number of hydrogen-bond acceptors (Lipinski definition) is 4. The number of benzene rings is 1. The van der Waals surface area contributed by atoms with E-state index in [4.69, 9.17) is 4.42 Å². The van der Waals surface area contributed by atoms with Crippen molar-refractivity contribution in [2.45, 2.75) is 18.8 Å². The number of hydrogen-bond donors (Lipinski definition) is 0. The van der Waals surface area contributed by atoms with Crippen molar-refractivity contribution in [3.63, 3.8) is 0 Å². The van der Waals surface area contributed by atoms with Crippen molar-refractivity contribution in [2.75, 3.05) is 6.54 Å². The Morgan fingerprint density at radius 1 is 1.19 bits per heavy atom. The van der Waals surface area contributed by atoms with Gasteiger partial charge in [-0.2, -0.15) is 0 Å². The minimum Gasteiger partial charge on any atom is -0.472 e. The molecule has 1 aliphatic rings. The molecule has 1 atom stereocenters. The minimum atomic E-state index is -4.74. The van der Waals surface area contributed by atoms with E-state index in [1.165, 1.54) is 36.0 Å². The van der Waals surface area contributed by atoms with Gasteiger partial charge in [-0.1, -0.05) is 12.1 Å². The van der Waals surface area contributed by atoms with Crippen LogP contribution in [0.3, 0.4) is 0 Å². The zero-order chi connectivity index (χ0) is 19.0. The third kappa shape index (κ3) is 3.57. The Morgan fingerprint density at radius 3 is 2.63 bits per heavy atom. The molecule has 3 aromatic rings. The van der Waals surface area contributed by atoms with Gasteiger partial charge in [0.05, 0.1) is 17.9 Å². The molecule has 0 aliphatic carbocycles. The summed E-state index contributed by atoms with van der Waals surface area (Å²) in [5, 5.41) is 1.96. The molecule has 1 unspecified atom stereocenters. The Bertz CT molecular complexity index is 932. The van der Waals surface area contributed by atoms with E-state index in [9.17, 15) is 18.0 Å². The van der Waals surface area contributed by atoms with Crippen LogP contribution < -0.4 is 4.74 Å². The zero-order valence-corrected chi connectivity index (χ0v) is 14.7. The Kier molecular flexibility index (Phi) is 4.43. The molecule has 4 rings (SSSR count). The Hall–Kier alpha value is -2.74. The molecule has 0 spiro atoms. The summed E-state index contributed by atoms with van der Waals surface area (Å²) >= 11 is 1.53. The largest absolute Gasteiger partial charge is 0.573 e. The van der Waals surface area contributed by atoms with Crippen molar-refractivity contribution in [3.05, 3.63) is 75.9 Å². The van der Waals surface area contributed by atoms with Crippen molar-refractivity contribution in [1.29, 1.82) is 0 Å². The molecule has 0 saturated heterocycles. The predicted molar refractivity (Wildman–Crippen MR) is 92.7 cm³/mol. The van der Waals surface area contributed by atoms with Crippen LogP contribution in [0.2, 0.25) is 0 Å². The van der Waals surface area contributed by atoms with Crippen LogP contribution in [0.5, 0.6) is 5.75 Å². The Morgan fingerprint density at radius 2 is 1.96 bits per heavy atom. The van der Waals surface area contributed by atoms with Crippen LogP contribution in [-0.4, -0.2) is 23.7 Å². The molecule has 0 bridgehead atoms. The fourth-order valence-corrected chi connectivity index (χ4v) is 4.35. The number of rotatable bonds is 3. The van der Waals surface area contributed by atoms with Crippen molar-refractivity contribution in [1.82, 2.24) is 4.90 Å². The highest BCUT2D eigenvalue weighted by Crippen LogP contribution is 2.40. The van der Waals surface area contributed by atoms with Crippen LogP contribution in [0.4, 0.5) is 13.2 Å². The van der Waals surface area contributed by atoms with E-state index in [-0.39, 0.29) is 17.7 Å². The SMILES string of the molecule is O=C(c1ccoc1)N1CCc2ccsc2C1c1ccc(OC(F)(F)F)cc1. The van der Waals surface area contributed by atoms with Crippen LogP contribution in [0.15, 0.2) is 58.7 Å². The lowest BCUT2D eigenvalue weighted by molar-refractivity contribution is -0.274. The predicted octanol–water partition coefficient (Wildman–Crippen LogP) is 5.03. The van der Waals surface area contributed by atoms with Gasteiger partial charge in [-0.05, 0) is 47.2 Å². The van der Waals surface area contributed by atoms with Crippen LogP contribution in [0.25, 0.3) is 0 Å². The van der Waals surface area contributed by atoms with Gasteiger partial charge in [0.15, 0.2) is 0 Å². The van der Waals surface area contributed by atoms with E-state index in [1.54, 1.807) is 23.1 Å². The summed E-state index contributed by atoms with van der Waals surface area (Å²) in [6.45, 7) is 0.513. The van der Waals surface area contributed by atoms with E-state index in [2.05, 4.69) is 4.74 Å². The average molecular weight is 393 g/mol. The van der Waals surface area contributed by atoms with Crippen molar-refractivity contribution < 1.29 is 27.1 Å². The molecular weight excluding hydrogens is 379 g/mol. The lowest BCUT2D eigenvalue weighted by atomic mass is 9.94. The first-order valence-corrected chi connectivity index (χ1v) is 9.05. The minimum absolute atomic E-state index is 0.177. The van der Waals surface area contributed by atoms with E-state index in [0.29, 0.717) is 12.1 Å². The van der Waals surface area contributed by atoms with E-state index >= 15 is 0 Å². The highest BCUT2D eigenvalue weighted by atomic mass is 32.1. The molecule has 4 nitrogen and oxygen atoms in total. The molecular formula is C19H14F3NO3S. The second-order valence-corrected chi connectivity index (χ2v) is 7.04. The maximum absolute atomic E-state index is 12.9. The molecule has 0 N–H and O–H groups in total. The van der Waals surface area contributed by atoms with Crippen molar-refractivity contribution in [2.24, 2.45) is 0 Å². The standard InChI is InChI=1S/C19H14F3NO3S/c20-19(21,22)26-15-3-1-12(2-4-15)16-17-13(7-10-27-17)5-8-23(16)18(24)14-6-9-25-11-14/h1-4,6-7,9-11,16H,5,8H2. The number of fused-ring (bicyclic) bond motifs is 1. The fraction of sp³-hybridized carbons (Fsp3) is 0.211. The number of thiophene rings is 1.